The first kappa shape index (κ1) is 18.3. The third-order valence-corrected chi connectivity index (χ3v) is 3.32. The lowest BCUT2D eigenvalue weighted by atomic mass is 10.1. The molecule has 22 heavy (non-hydrogen) atoms. The molecule has 0 radical (unpaired) electrons. The predicted octanol–water partition coefficient (Wildman–Crippen LogP) is 2.11. The molecule has 1 heterocycles. The summed E-state index contributed by atoms with van der Waals surface area (Å²) in [5.74, 6) is -0.403. The van der Waals surface area contributed by atoms with Crippen LogP contribution in [0.25, 0.3) is 0 Å². The number of hydrogen-bond donors (Lipinski definition) is 3. The maximum atomic E-state index is 12.2. The van der Waals surface area contributed by atoms with Crippen molar-refractivity contribution in [1.82, 2.24) is 10.6 Å². The highest BCUT2D eigenvalue weighted by molar-refractivity contribution is 5.98. The third-order valence-electron chi connectivity index (χ3n) is 3.32. The molecule has 1 aromatic carbocycles. The molecule has 0 saturated heterocycles. The Morgan fingerprint density at radius 1 is 1.27 bits per heavy atom. The number of fused-ring (bicyclic) bond motifs is 1. The van der Waals surface area contributed by atoms with Gasteiger partial charge in [-0.2, -0.15) is 0 Å². The minimum Gasteiger partial charge on any atom is -0.384 e. The summed E-state index contributed by atoms with van der Waals surface area (Å²) in [7, 11) is 0. The summed E-state index contributed by atoms with van der Waals surface area (Å²) in [6.07, 6.45) is 0.927. The van der Waals surface area contributed by atoms with E-state index in [0.29, 0.717) is 5.56 Å². The second-order valence-corrected chi connectivity index (χ2v) is 6.48. The molecule has 0 aliphatic carbocycles. The predicted molar refractivity (Wildman–Crippen MR) is 90.7 cm³/mol. The minimum absolute atomic E-state index is 0. The molecule has 3 N–H and O–H groups in total. The fourth-order valence-electron chi connectivity index (χ4n) is 2.27. The normalized spacial score (nSPS) is 14.2. The Morgan fingerprint density at radius 2 is 1.95 bits per heavy atom. The number of halogens is 1. The Balaban J connectivity index is 0.00000242. The zero-order chi connectivity index (χ0) is 15.6. The second kappa shape index (κ2) is 7.01. The summed E-state index contributed by atoms with van der Waals surface area (Å²) in [6.45, 7) is 8.32. The fourth-order valence-corrected chi connectivity index (χ4v) is 2.27. The van der Waals surface area contributed by atoms with Gasteiger partial charge in [0.1, 0.15) is 6.04 Å². The van der Waals surface area contributed by atoms with Crippen LogP contribution in [0.3, 0.4) is 0 Å². The van der Waals surface area contributed by atoms with Gasteiger partial charge in [-0.1, -0.05) is 0 Å². The third kappa shape index (κ3) is 4.63. The second-order valence-electron chi connectivity index (χ2n) is 6.48. The number of carbonyl (C=O) groups excluding carboxylic acids is 2. The van der Waals surface area contributed by atoms with E-state index in [1.54, 1.807) is 13.0 Å². The van der Waals surface area contributed by atoms with Gasteiger partial charge in [-0.05, 0) is 57.9 Å². The van der Waals surface area contributed by atoms with Gasteiger partial charge in [-0.25, -0.2) is 0 Å². The largest absolute Gasteiger partial charge is 0.384 e. The van der Waals surface area contributed by atoms with Crippen LogP contribution in [-0.4, -0.2) is 29.9 Å². The van der Waals surface area contributed by atoms with E-state index < -0.39 is 6.04 Å². The fraction of sp³-hybridized carbons (Fsp3) is 0.500. The number of hydrogen-bond acceptors (Lipinski definition) is 3. The number of nitrogens with one attached hydrogen (secondary N) is 3. The summed E-state index contributed by atoms with van der Waals surface area (Å²) < 4.78 is 0. The first-order valence-corrected chi connectivity index (χ1v) is 7.26. The van der Waals surface area contributed by atoms with Crippen molar-refractivity contribution in [3.63, 3.8) is 0 Å². The highest BCUT2D eigenvalue weighted by atomic mass is 35.5. The van der Waals surface area contributed by atoms with Gasteiger partial charge in [0.15, 0.2) is 0 Å². The lowest BCUT2D eigenvalue weighted by Crippen LogP contribution is -2.50. The number of anilines is 1. The maximum absolute atomic E-state index is 12.2. The summed E-state index contributed by atoms with van der Waals surface area (Å²) in [4.78, 5) is 24.2. The molecule has 0 aromatic heterocycles. The van der Waals surface area contributed by atoms with Gasteiger partial charge in [0.25, 0.3) is 5.91 Å². The Hall–Kier alpha value is -1.75. The van der Waals surface area contributed by atoms with Gasteiger partial charge in [-0.3, -0.25) is 9.59 Å². The van der Waals surface area contributed by atoms with E-state index in [4.69, 9.17) is 0 Å². The van der Waals surface area contributed by atoms with Crippen LogP contribution in [0.15, 0.2) is 18.2 Å². The van der Waals surface area contributed by atoms with Crippen LogP contribution in [0.1, 0.15) is 43.6 Å². The van der Waals surface area contributed by atoms with Crippen LogP contribution >= 0.6 is 12.4 Å². The van der Waals surface area contributed by atoms with Gasteiger partial charge in [-0.15, -0.1) is 12.4 Å². The van der Waals surface area contributed by atoms with Crippen molar-refractivity contribution in [2.24, 2.45) is 0 Å². The zero-order valence-corrected chi connectivity index (χ0v) is 14.3. The van der Waals surface area contributed by atoms with Crippen molar-refractivity contribution in [3.05, 3.63) is 29.3 Å². The maximum Gasteiger partial charge on any atom is 0.251 e. The molecule has 1 aromatic rings. The zero-order valence-electron chi connectivity index (χ0n) is 13.4. The van der Waals surface area contributed by atoms with Crippen LogP contribution in [0, 0.1) is 0 Å². The summed E-state index contributed by atoms with van der Waals surface area (Å²) in [6, 6.07) is 5.01. The van der Waals surface area contributed by atoms with Gasteiger partial charge in [0.2, 0.25) is 5.91 Å². The lowest BCUT2D eigenvalue weighted by molar-refractivity contribution is -0.124. The topological polar surface area (TPSA) is 70.2 Å². The van der Waals surface area contributed by atoms with Crippen LogP contribution in [-0.2, 0) is 11.2 Å². The molecule has 0 spiro atoms. The van der Waals surface area contributed by atoms with Crippen molar-refractivity contribution < 1.29 is 9.59 Å². The van der Waals surface area contributed by atoms with Crippen molar-refractivity contribution in [3.8, 4) is 0 Å². The average Bonchev–Trinajstić information content (AvgIpc) is 2.83. The molecule has 1 unspecified atom stereocenters. The number of carbonyl (C=O) groups is 2. The van der Waals surface area contributed by atoms with Crippen LogP contribution in [0.4, 0.5) is 5.69 Å². The molecule has 0 saturated carbocycles. The van der Waals surface area contributed by atoms with Crippen LogP contribution < -0.4 is 16.0 Å². The highest BCUT2D eigenvalue weighted by Gasteiger charge is 2.21. The Labute approximate surface area is 137 Å². The molecule has 1 aliphatic heterocycles. The molecule has 0 bridgehead atoms. The molecule has 5 nitrogen and oxygen atoms in total. The molecule has 1 aliphatic rings. The SMILES string of the molecule is CC(NC(=O)c1ccc2c(c1)CCN2)C(=O)NC(C)(C)C.Cl. The number of benzene rings is 1. The van der Waals surface area contributed by atoms with Crippen molar-refractivity contribution >= 4 is 29.9 Å². The van der Waals surface area contributed by atoms with E-state index in [9.17, 15) is 9.59 Å². The lowest BCUT2D eigenvalue weighted by Gasteiger charge is -2.23. The van der Waals surface area contributed by atoms with Gasteiger partial charge >= 0.3 is 0 Å². The molecule has 122 valence electrons. The van der Waals surface area contributed by atoms with Crippen molar-refractivity contribution in [1.29, 1.82) is 0 Å². The van der Waals surface area contributed by atoms with Crippen LogP contribution in [0.2, 0.25) is 0 Å². The smallest absolute Gasteiger partial charge is 0.251 e. The van der Waals surface area contributed by atoms with E-state index >= 15 is 0 Å². The van der Waals surface area contributed by atoms with E-state index in [2.05, 4.69) is 16.0 Å². The molecule has 0 fully saturated rings. The van der Waals surface area contributed by atoms with E-state index in [1.807, 2.05) is 32.9 Å². The Bertz CT molecular complexity index is 567. The van der Waals surface area contributed by atoms with E-state index in [0.717, 1.165) is 24.2 Å². The number of amides is 2. The van der Waals surface area contributed by atoms with E-state index in [-0.39, 0.29) is 29.8 Å². The van der Waals surface area contributed by atoms with Crippen molar-refractivity contribution in [2.45, 2.75) is 45.7 Å². The standard InChI is InChI=1S/C16H23N3O2.ClH/c1-10(14(20)19-16(2,3)4)18-15(21)12-5-6-13-11(9-12)7-8-17-13;/h5-6,9-10,17H,7-8H2,1-4H3,(H,18,21)(H,19,20);1H. The highest BCUT2D eigenvalue weighted by Crippen LogP contribution is 2.22. The van der Waals surface area contributed by atoms with Crippen molar-refractivity contribution in [2.75, 3.05) is 11.9 Å². The molecule has 1 atom stereocenters. The van der Waals surface area contributed by atoms with Gasteiger partial charge in [0, 0.05) is 23.3 Å². The first-order chi connectivity index (χ1) is 9.76. The Morgan fingerprint density at radius 3 is 2.59 bits per heavy atom. The summed E-state index contributed by atoms with van der Waals surface area (Å²) in [5.41, 5.74) is 2.52. The van der Waals surface area contributed by atoms with E-state index in [1.165, 1.54) is 0 Å². The van der Waals surface area contributed by atoms with Crippen LogP contribution in [0.5, 0.6) is 0 Å². The Kier molecular flexibility index (Phi) is 5.83. The molecule has 6 heteroatoms. The summed E-state index contributed by atoms with van der Waals surface area (Å²) in [5, 5.41) is 8.85. The minimum atomic E-state index is -0.567. The average molecular weight is 326 g/mol. The quantitative estimate of drug-likeness (QED) is 0.797. The van der Waals surface area contributed by atoms with Gasteiger partial charge in [0.05, 0.1) is 0 Å². The summed E-state index contributed by atoms with van der Waals surface area (Å²) >= 11 is 0. The molecular formula is C16H24ClN3O2. The molecular weight excluding hydrogens is 302 g/mol. The molecule has 2 rings (SSSR count). The monoisotopic (exact) mass is 325 g/mol. The van der Waals surface area contributed by atoms with Gasteiger partial charge < -0.3 is 16.0 Å². The number of rotatable bonds is 3. The molecule has 2 amide bonds. The first-order valence-electron chi connectivity index (χ1n) is 7.26.